The number of fused-ring (bicyclic) bond motifs is 1. The topological polar surface area (TPSA) is 0 Å². The second-order valence-corrected chi connectivity index (χ2v) is 13.0. The normalized spacial score (nSPS) is 10.5. The van der Waals surface area contributed by atoms with Gasteiger partial charge in [0.05, 0.1) is 0 Å². The van der Waals surface area contributed by atoms with E-state index in [0.717, 1.165) is 0 Å². The Bertz CT molecular complexity index is 328. The van der Waals surface area contributed by atoms with Gasteiger partial charge in [-0.2, -0.15) is 0 Å². The third-order valence-electron chi connectivity index (χ3n) is 1.36. The molecule has 13 heavy (non-hydrogen) atoms. The van der Waals surface area contributed by atoms with Crippen molar-refractivity contribution < 1.29 is 29.2 Å². The van der Waals surface area contributed by atoms with Crippen molar-refractivity contribution in [2.24, 2.45) is 0 Å². The molecule has 0 N–H and O–H groups in total. The molecular formula is C8H6Cl3GdS. The van der Waals surface area contributed by atoms with Gasteiger partial charge in [-0.3, -0.25) is 0 Å². The van der Waals surface area contributed by atoms with Crippen LogP contribution in [0.3, 0.4) is 0 Å². The molecule has 2 rings (SSSR count). The molecule has 0 aliphatic rings. The maximum Gasteiger partial charge on any atom is 0.0342 e. The number of rotatable bonds is 0. The third-order valence-corrected chi connectivity index (χ3v) is 2.26. The molecule has 73 valence electrons. The van der Waals surface area contributed by atoms with E-state index in [0.29, 0.717) is 0 Å². The minimum atomic E-state index is -1.98. The van der Waals surface area contributed by atoms with Gasteiger partial charge in [0.1, 0.15) is 0 Å². The Kier molecular flexibility index (Phi) is 6.49. The average molecular weight is 398 g/mol. The molecule has 0 aliphatic heterocycles. The molecule has 1 heterocycles. The summed E-state index contributed by atoms with van der Waals surface area (Å²) in [7, 11) is 0. The molecule has 1 aromatic heterocycles. The van der Waals surface area contributed by atoms with E-state index in [1.165, 1.54) is 10.1 Å². The van der Waals surface area contributed by atoms with Gasteiger partial charge in [0.15, 0.2) is 0 Å². The molecule has 0 aliphatic carbocycles. The Morgan fingerprint density at radius 2 is 1.62 bits per heavy atom. The minimum absolute atomic E-state index is 1.35. The summed E-state index contributed by atoms with van der Waals surface area (Å²) in [6, 6.07) is 10.5. The minimum Gasteiger partial charge on any atom is -0.144 e. The van der Waals surface area contributed by atoms with Crippen LogP contribution in [0.25, 0.3) is 10.1 Å². The largest absolute Gasteiger partial charge is 0.144 e. The summed E-state index contributed by atoms with van der Waals surface area (Å²) in [6.45, 7) is 0. The number of halogens is 3. The molecule has 0 fully saturated rings. The van der Waals surface area contributed by atoms with Gasteiger partial charge in [-0.15, -0.1) is 11.3 Å². The molecule has 0 unspecified atom stereocenters. The summed E-state index contributed by atoms with van der Waals surface area (Å²) < 4.78 is 1.37. The van der Waals surface area contributed by atoms with Crippen LogP contribution in [0.5, 0.6) is 0 Å². The zero-order chi connectivity index (χ0) is 9.68. The predicted molar refractivity (Wildman–Crippen MR) is 59.4 cm³/mol. The molecule has 0 bridgehead atoms. The molecule has 0 radical (unpaired) electrons. The molecule has 5 heteroatoms. The fourth-order valence-electron chi connectivity index (χ4n) is 0.906. The summed E-state index contributed by atoms with van der Waals surface area (Å²) in [5.41, 5.74) is 0. The fourth-order valence-corrected chi connectivity index (χ4v) is 1.70. The van der Waals surface area contributed by atoms with Crippen LogP contribution >= 0.6 is 29.3 Å². The van der Waals surface area contributed by atoms with Crippen molar-refractivity contribution in [2.75, 3.05) is 0 Å². The van der Waals surface area contributed by atoms with Crippen LogP contribution in [0.4, 0.5) is 0 Å². The van der Waals surface area contributed by atoms with Gasteiger partial charge in [-0.25, -0.2) is 0 Å². The molecule has 0 atom stereocenters. The van der Waals surface area contributed by atoms with Crippen molar-refractivity contribution in [1.82, 2.24) is 0 Å². The molecule has 0 saturated heterocycles. The molecular weight excluding hydrogens is 392 g/mol. The quantitative estimate of drug-likeness (QED) is 0.589. The first-order valence-corrected chi connectivity index (χ1v) is 12.7. The summed E-state index contributed by atoms with van der Waals surface area (Å²) in [5, 5.41) is 3.47. The first-order chi connectivity index (χ1) is 6.20. The van der Waals surface area contributed by atoms with E-state index in [2.05, 4.69) is 35.7 Å². The van der Waals surface area contributed by atoms with Crippen molar-refractivity contribution in [3.63, 3.8) is 0 Å². The molecule has 1 aromatic carbocycles. The van der Waals surface area contributed by atoms with E-state index < -0.39 is 29.2 Å². The van der Waals surface area contributed by atoms with Crippen molar-refractivity contribution in [3.05, 3.63) is 35.7 Å². The monoisotopic (exact) mass is 397 g/mol. The van der Waals surface area contributed by atoms with Crippen LogP contribution in [-0.2, 0) is 0 Å². The summed E-state index contributed by atoms with van der Waals surface area (Å²) in [5.74, 6) is 14.9. The number of thiophene rings is 1. The molecule has 0 nitrogen and oxygen atoms in total. The van der Waals surface area contributed by atoms with Crippen molar-refractivity contribution >= 4 is 39.3 Å². The van der Waals surface area contributed by atoms with Crippen LogP contribution in [0.15, 0.2) is 35.7 Å². The Hall–Kier alpha value is 1.37. The fraction of sp³-hybridized carbons (Fsp3) is 0. The zero-order valence-electron chi connectivity index (χ0n) is 6.36. The van der Waals surface area contributed by atoms with Gasteiger partial charge in [-0.05, 0) is 22.9 Å². The summed E-state index contributed by atoms with van der Waals surface area (Å²) >= 11 is -0.194. The van der Waals surface area contributed by atoms with Crippen LogP contribution in [0.1, 0.15) is 0 Å². The molecule has 0 amide bonds. The second kappa shape index (κ2) is 6.78. The van der Waals surface area contributed by atoms with Crippen molar-refractivity contribution in [1.29, 1.82) is 0 Å². The SMILES string of the molecule is [Cl][Gd]([Cl])[Cl].c1ccc2sccc2c1. The summed E-state index contributed by atoms with van der Waals surface area (Å²) in [6.07, 6.45) is 0. The first-order valence-electron chi connectivity index (χ1n) is 3.29. The Morgan fingerprint density at radius 1 is 1.00 bits per heavy atom. The Labute approximate surface area is 102 Å². The average Bonchev–Trinajstić information content (AvgIpc) is 2.49. The Balaban J connectivity index is 0.000000184. The van der Waals surface area contributed by atoms with Crippen LogP contribution in [0.2, 0.25) is 0 Å². The maximum atomic E-state index is 4.98. The molecule has 0 spiro atoms. The Morgan fingerprint density at radius 3 is 2.23 bits per heavy atom. The standard InChI is InChI=1S/C8H6S.3ClH.Gd/c1-2-4-8-7(3-1)5-6-9-8;;;;/h1-6H;3*1H;/q;;;;+3/p-3. The number of hydrogen-bond donors (Lipinski definition) is 0. The van der Waals surface area contributed by atoms with Gasteiger partial charge >= 0.3 is 47.1 Å². The zero-order valence-corrected chi connectivity index (χ0v) is 11.7. The van der Waals surface area contributed by atoms with E-state index in [-0.39, 0.29) is 0 Å². The van der Waals surface area contributed by atoms with E-state index in [4.69, 9.17) is 17.9 Å². The second-order valence-electron chi connectivity index (χ2n) is 2.11. The van der Waals surface area contributed by atoms with E-state index in [1.54, 1.807) is 11.3 Å². The van der Waals surface area contributed by atoms with Gasteiger partial charge < -0.3 is 0 Å². The molecule has 0 saturated carbocycles. The van der Waals surface area contributed by atoms with E-state index in [9.17, 15) is 0 Å². The van der Waals surface area contributed by atoms with Crippen LogP contribution in [-0.4, -0.2) is 0 Å². The number of hydrogen-bond acceptors (Lipinski definition) is 1. The van der Waals surface area contributed by atoms with E-state index in [1.807, 2.05) is 0 Å². The number of benzene rings is 1. The van der Waals surface area contributed by atoms with Gasteiger partial charge in [0.2, 0.25) is 0 Å². The maximum absolute atomic E-state index is 4.98. The van der Waals surface area contributed by atoms with Gasteiger partial charge in [0, 0.05) is 4.70 Å². The first kappa shape index (κ1) is 12.4. The smallest absolute Gasteiger partial charge is 0.0342 e. The molecule has 2 aromatic rings. The van der Waals surface area contributed by atoms with E-state index >= 15 is 0 Å². The third kappa shape index (κ3) is 5.13. The van der Waals surface area contributed by atoms with Crippen molar-refractivity contribution in [3.8, 4) is 0 Å². The van der Waals surface area contributed by atoms with Gasteiger partial charge in [0.25, 0.3) is 0 Å². The predicted octanol–water partition coefficient (Wildman–Crippen LogP) is 4.97. The van der Waals surface area contributed by atoms with Gasteiger partial charge in [-0.1, -0.05) is 18.2 Å². The van der Waals surface area contributed by atoms with Crippen LogP contribution < -0.4 is 0 Å². The van der Waals surface area contributed by atoms with Crippen molar-refractivity contribution in [2.45, 2.75) is 0 Å². The summed E-state index contributed by atoms with van der Waals surface area (Å²) in [4.78, 5) is 0. The van der Waals surface area contributed by atoms with Crippen LogP contribution in [0, 0.1) is 29.2 Å².